The predicted octanol–water partition coefficient (Wildman–Crippen LogP) is 2.06. The van der Waals surface area contributed by atoms with Gasteiger partial charge in [0.1, 0.15) is 6.61 Å². The lowest BCUT2D eigenvalue weighted by Crippen LogP contribution is -2.34. The minimum Gasteiger partial charge on any atom is -0.461 e. The maximum Gasteiger partial charge on any atom is 0.306 e. The lowest BCUT2D eigenvalue weighted by molar-refractivity contribution is -0.145. The summed E-state index contributed by atoms with van der Waals surface area (Å²) in [7, 11) is 0. The van der Waals surface area contributed by atoms with E-state index in [9.17, 15) is 9.59 Å². The number of hydrogen-bond acceptors (Lipinski definition) is 4. The van der Waals surface area contributed by atoms with E-state index in [0.29, 0.717) is 6.42 Å². The molecule has 0 heterocycles. The molecular weight excluding hydrogens is 242 g/mol. The molecule has 19 heavy (non-hydrogen) atoms. The van der Waals surface area contributed by atoms with Crippen LogP contribution in [0.2, 0.25) is 0 Å². The molecule has 0 aliphatic carbocycles. The third kappa shape index (κ3) is 5.66. The van der Waals surface area contributed by atoms with Gasteiger partial charge in [-0.15, -0.1) is 0 Å². The van der Waals surface area contributed by atoms with Gasteiger partial charge < -0.3 is 10.5 Å². The Balaban J connectivity index is 2.27. The fourth-order valence-electron chi connectivity index (χ4n) is 1.65. The SMILES string of the molecule is CC(C)C(=O)[C@H](N)CCC(=O)OCc1ccccc1. The molecule has 2 N–H and O–H groups in total. The summed E-state index contributed by atoms with van der Waals surface area (Å²) in [5, 5.41) is 0. The number of carbonyl (C=O) groups is 2. The van der Waals surface area contributed by atoms with E-state index in [-0.39, 0.29) is 30.7 Å². The number of carbonyl (C=O) groups excluding carboxylic acids is 2. The van der Waals surface area contributed by atoms with Gasteiger partial charge in [0.15, 0.2) is 5.78 Å². The first-order chi connectivity index (χ1) is 9.00. The molecule has 0 fully saturated rings. The second kappa shape index (κ2) is 7.69. The topological polar surface area (TPSA) is 69.4 Å². The summed E-state index contributed by atoms with van der Waals surface area (Å²) >= 11 is 0. The molecule has 104 valence electrons. The predicted molar refractivity (Wildman–Crippen MR) is 73.3 cm³/mol. The molecule has 0 spiro atoms. The van der Waals surface area contributed by atoms with Gasteiger partial charge in [-0.2, -0.15) is 0 Å². The van der Waals surface area contributed by atoms with E-state index in [0.717, 1.165) is 5.56 Å². The van der Waals surface area contributed by atoms with Gasteiger partial charge in [0.2, 0.25) is 0 Å². The van der Waals surface area contributed by atoms with Gasteiger partial charge in [0.25, 0.3) is 0 Å². The molecule has 0 amide bonds. The smallest absolute Gasteiger partial charge is 0.306 e. The van der Waals surface area contributed by atoms with Crippen LogP contribution in [0.1, 0.15) is 32.3 Å². The van der Waals surface area contributed by atoms with Crippen molar-refractivity contribution in [2.45, 2.75) is 39.3 Å². The fraction of sp³-hybridized carbons (Fsp3) is 0.467. The van der Waals surface area contributed by atoms with Crippen molar-refractivity contribution < 1.29 is 14.3 Å². The first-order valence-electron chi connectivity index (χ1n) is 6.49. The number of ether oxygens (including phenoxy) is 1. The second-order valence-electron chi connectivity index (χ2n) is 4.85. The Hall–Kier alpha value is -1.68. The van der Waals surface area contributed by atoms with Gasteiger partial charge in [-0.25, -0.2) is 0 Å². The molecule has 1 aromatic rings. The van der Waals surface area contributed by atoms with Crippen molar-refractivity contribution >= 4 is 11.8 Å². The first-order valence-corrected chi connectivity index (χ1v) is 6.49. The highest BCUT2D eigenvalue weighted by Crippen LogP contribution is 2.06. The van der Waals surface area contributed by atoms with Crippen molar-refractivity contribution in [3.63, 3.8) is 0 Å². The average Bonchev–Trinajstić information content (AvgIpc) is 2.42. The molecule has 0 saturated heterocycles. The molecule has 1 rings (SSSR count). The van der Waals surface area contributed by atoms with E-state index in [1.54, 1.807) is 13.8 Å². The standard InChI is InChI=1S/C15H21NO3/c1-11(2)15(18)13(16)8-9-14(17)19-10-12-6-4-3-5-7-12/h3-7,11,13H,8-10,16H2,1-2H3/t13-/m1/s1. The van der Waals surface area contributed by atoms with Gasteiger partial charge in [0.05, 0.1) is 6.04 Å². The lowest BCUT2D eigenvalue weighted by Gasteiger charge is -2.12. The summed E-state index contributed by atoms with van der Waals surface area (Å²) in [6.07, 6.45) is 0.511. The summed E-state index contributed by atoms with van der Waals surface area (Å²) in [5.41, 5.74) is 6.66. The van der Waals surface area contributed by atoms with Crippen LogP contribution in [0.5, 0.6) is 0 Å². The zero-order valence-corrected chi connectivity index (χ0v) is 11.5. The van der Waals surface area contributed by atoms with Crippen LogP contribution in [0, 0.1) is 5.92 Å². The van der Waals surface area contributed by atoms with Crippen molar-refractivity contribution in [1.82, 2.24) is 0 Å². The molecule has 0 aromatic heterocycles. The third-order valence-electron chi connectivity index (χ3n) is 2.84. The summed E-state index contributed by atoms with van der Waals surface area (Å²) < 4.78 is 5.11. The highest BCUT2D eigenvalue weighted by Gasteiger charge is 2.18. The Morgan fingerprint density at radius 3 is 2.42 bits per heavy atom. The van der Waals surface area contributed by atoms with Crippen LogP contribution in [-0.2, 0) is 20.9 Å². The molecule has 4 nitrogen and oxygen atoms in total. The van der Waals surface area contributed by atoms with E-state index in [4.69, 9.17) is 10.5 Å². The summed E-state index contributed by atoms with van der Waals surface area (Å²) in [5.74, 6) is -0.443. The average molecular weight is 263 g/mol. The molecule has 0 radical (unpaired) electrons. The molecule has 1 aromatic carbocycles. The minimum atomic E-state index is -0.579. The Kier molecular flexibility index (Phi) is 6.22. The van der Waals surface area contributed by atoms with E-state index in [1.807, 2.05) is 30.3 Å². The number of rotatable bonds is 7. The molecule has 0 bridgehead atoms. The Bertz CT molecular complexity index is 415. The van der Waals surface area contributed by atoms with Crippen molar-refractivity contribution in [3.05, 3.63) is 35.9 Å². The zero-order valence-electron chi connectivity index (χ0n) is 11.5. The van der Waals surface area contributed by atoms with Crippen LogP contribution >= 0.6 is 0 Å². The van der Waals surface area contributed by atoms with Gasteiger partial charge >= 0.3 is 5.97 Å². The highest BCUT2D eigenvalue weighted by atomic mass is 16.5. The molecule has 0 saturated carbocycles. The molecule has 4 heteroatoms. The number of esters is 1. The minimum absolute atomic E-state index is 0.0177. The second-order valence-corrected chi connectivity index (χ2v) is 4.85. The first kappa shape index (κ1) is 15.4. The Labute approximate surface area is 113 Å². The lowest BCUT2D eigenvalue weighted by atomic mass is 9.99. The van der Waals surface area contributed by atoms with Crippen LogP contribution in [0.4, 0.5) is 0 Å². The van der Waals surface area contributed by atoms with E-state index < -0.39 is 6.04 Å². The maximum absolute atomic E-state index is 11.6. The molecule has 0 unspecified atom stereocenters. The normalized spacial score (nSPS) is 12.2. The molecule has 0 aliphatic rings. The summed E-state index contributed by atoms with van der Waals surface area (Å²) in [4.78, 5) is 23.1. The summed E-state index contributed by atoms with van der Waals surface area (Å²) in [6, 6.07) is 8.88. The van der Waals surface area contributed by atoms with Crippen LogP contribution in [-0.4, -0.2) is 17.8 Å². The number of benzene rings is 1. The van der Waals surface area contributed by atoms with Crippen LogP contribution in [0.3, 0.4) is 0 Å². The van der Waals surface area contributed by atoms with E-state index >= 15 is 0 Å². The number of hydrogen-bond donors (Lipinski definition) is 1. The monoisotopic (exact) mass is 263 g/mol. The number of ketones is 1. The highest BCUT2D eigenvalue weighted by molar-refractivity contribution is 5.85. The van der Waals surface area contributed by atoms with Crippen molar-refractivity contribution in [2.24, 2.45) is 11.7 Å². The Morgan fingerprint density at radius 2 is 1.84 bits per heavy atom. The molecule has 0 aliphatic heterocycles. The van der Waals surface area contributed by atoms with Gasteiger partial charge in [0, 0.05) is 12.3 Å². The number of Topliss-reactive ketones (excluding diaryl/α,β-unsaturated/α-hetero) is 1. The van der Waals surface area contributed by atoms with Gasteiger partial charge in [-0.1, -0.05) is 44.2 Å². The Morgan fingerprint density at radius 1 is 1.21 bits per heavy atom. The van der Waals surface area contributed by atoms with Gasteiger partial charge in [-0.3, -0.25) is 9.59 Å². The van der Waals surface area contributed by atoms with Crippen molar-refractivity contribution in [2.75, 3.05) is 0 Å². The van der Waals surface area contributed by atoms with Crippen LogP contribution in [0.25, 0.3) is 0 Å². The number of nitrogens with two attached hydrogens (primary N) is 1. The molecule has 1 atom stereocenters. The molecular formula is C15H21NO3. The van der Waals surface area contributed by atoms with E-state index in [1.165, 1.54) is 0 Å². The summed E-state index contributed by atoms with van der Waals surface area (Å²) in [6.45, 7) is 3.86. The quantitative estimate of drug-likeness (QED) is 0.764. The van der Waals surface area contributed by atoms with Crippen molar-refractivity contribution in [3.8, 4) is 0 Å². The van der Waals surface area contributed by atoms with Gasteiger partial charge in [-0.05, 0) is 12.0 Å². The third-order valence-corrected chi connectivity index (χ3v) is 2.84. The van der Waals surface area contributed by atoms with Crippen LogP contribution < -0.4 is 5.73 Å². The fourth-order valence-corrected chi connectivity index (χ4v) is 1.65. The zero-order chi connectivity index (χ0) is 14.3. The van der Waals surface area contributed by atoms with E-state index in [2.05, 4.69) is 0 Å². The largest absolute Gasteiger partial charge is 0.461 e. The van der Waals surface area contributed by atoms with Crippen molar-refractivity contribution in [1.29, 1.82) is 0 Å². The maximum atomic E-state index is 11.6. The van der Waals surface area contributed by atoms with Crippen LogP contribution in [0.15, 0.2) is 30.3 Å².